The highest BCUT2D eigenvalue weighted by atomic mass is 32.2. The number of morpholine rings is 1. The maximum Gasteiger partial charge on any atom is 0.254 e. The SMILES string of the molecule is CNS(=O)(=O)c1ccc(C)c(C(=O)N2C[C@@H](C)O[C@H](C)C2)c1. The summed E-state index contributed by atoms with van der Waals surface area (Å²) in [7, 11) is -2.22. The minimum Gasteiger partial charge on any atom is -0.372 e. The molecule has 22 heavy (non-hydrogen) atoms. The second-order valence-corrected chi connectivity index (χ2v) is 7.54. The Kier molecular flexibility index (Phi) is 4.89. The number of nitrogens with zero attached hydrogens (tertiary/aromatic N) is 1. The average Bonchev–Trinajstić information content (AvgIpc) is 2.45. The van der Waals surface area contributed by atoms with Crippen LogP contribution in [0.2, 0.25) is 0 Å². The van der Waals surface area contributed by atoms with E-state index in [1.54, 1.807) is 17.9 Å². The number of rotatable bonds is 3. The molecular formula is C15H22N2O4S. The molecule has 1 fully saturated rings. The van der Waals surface area contributed by atoms with Gasteiger partial charge in [0.2, 0.25) is 10.0 Å². The number of sulfonamides is 1. The van der Waals surface area contributed by atoms with Gasteiger partial charge < -0.3 is 9.64 Å². The molecule has 1 aliphatic rings. The fraction of sp³-hybridized carbons (Fsp3) is 0.533. The van der Waals surface area contributed by atoms with E-state index in [4.69, 9.17) is 4.74 Å². The molecule has 1 aliphatic heterocycles. The summed E-state index contributed by atoms with van der Waals surface area (Å²) in [6.07, 6.45) is -0.0607. The van der Waals surface area contributed by atoms with Gasteiger partial charge in [0.25, 0.3) is 5.91 Å². The van der Waals surface area contributed by atoms with Crippen LogP contribution < -0.4 is 4.72 Å². The number of ether oxygens (including phenoxy) is 1. The molecule has 1 aromatic carbocycles. The first-order chi connectivity index (χ1) is 10.2. The maximum atomic E-state index is 12.7. The number of carbonyl (C=O) groups excluding carboxylic acids is 1. The lowest BCUT2D eigenvalue weighted by Gasteiger charge is -2.35. The molecule has 2 rings (SSSR count). The molecule has 1 aromatic rings. The second-order valence-electron chi connectivity index (χ2n) is 5.65. The van der Waals surface area contributed by atoms with Crippen molar-refractivity contribution in [1.82, 2.24) is 9.62 Å². The van der Waals surface area contributed by atoms with Gasteiger partial charge in [0.1, 0.15) is 0 Å². The highest BCUT2D eigenvalue weighted by molar-refractivity contribution is 7.89. The van der Waals surface area contributed by atoms with Gasteiger partial charge in [0, 0.05) is 18.7 Å². The molecule has 6 nitrogen and oxygen atoms in total. The molecule has 0 unspecified atom stereocenters. The minimum absolute atomic E-state index is 0.0303. The van der Waals surface area contributed by atoms with E-state index in [-0.39, 0.29) is 23.0 Å². The van der Waals surface area contributed by atoms with Gasteiger partial charge in [0.15, 0.2) is 0 Å². The van der Waals surface area contributed by atoms with Crippen molar-refractivity contribution in [3.8, 4) is 0 Å². The number of aryl methyl sites for hydroxylation is 1. The summed E-state index contributed by atoms with van der Waals surface area (Å²) >= 11 is 0. The van der Waals surface area contributed by atoms with E-state index in [9.17, 15) is 13.2 Å². The lowest BCUT2D eigenvalue weighted by atomic mass is 10.1. The Morgan fingerprint density at radius 2 is 1.86 bits per heavy atom. The molecule has 1 heterocycles. The monoisotopic (exact) mass is 326 g/mol. The standard InChI is InChI=1S/C15H22N2O4S/c1-10-5-6-13(22(19,20)16-4)7-14(10)15(18)17-8-11(2)21-12(3)9-17/h5-7,11-12,16H,8-9H2,1-4H3/t11-,12-/m1/s1. The minimum atomic E-state index is -3.57. The Morgan fingerprint density at radius 3 is 2.41 bits per heavy atom. The number of hydrogen-bond acceptors (Lipinski definition) is 4. The Morgan fingerprint density at radius 1 is 1.27 bits per heavy atom. The zero-order chi connectivity index (χ0) is 16.5. The average molecular weight is 326 g/mol. The Bertz CT molecular complexity index is 662. The third kappa shape index (κ3) is 3.48. The Labute approximate surface area is 131 Å². The summed E-state index contributed by atoms with van der Waals surface area (Å²) in [6, 6.07) is 4.60. The molecule has 0 aliphatic carbocycles. The van der Waals surface area contributed by atoms with Crippen molar-refractivity contribution in [2.24, 2.45) is 0 Å². The van der Waals surface area contributed by atoms with E-state index in [2.05, 4.69) is 4.72 Å². The Balaban J connectivity index is 2.35. The van der Waals surface area contributed by atoms with Crippen LogP contribution in [0.1, 0.15) is 29.8 Å². The first-order valence-electron chi connectivity index (χ1n) is 7.23. The van der Waals surface area contributed by atoms with E-state index >= 15 is 0 Å². The van der Waals surface area contributed by atoms with Crippen LogP contribution in [0.5, 0.6) is 0 Å². The molecule has 7 heteroatoms. The summed E-state index contributed by atoms with van der Waals surface area (Å²) in [4.78, 5) is 14.5. The normalized spacial score (nSPS) is 22.6. The predicted octanol–water partition coefficient (Wildman–Crippen LogP) is 1.15. The molecule has 1 N–H and O–H groups in total. The van der Waals surface area contributed by atoms with Gasteiger partial charge in [-0.1, -0.05) is 6.07 Å². The first kappa shape index (κ1) is 16.9. The molecule has 0 spiro atoms. The molecule has 0 radical (unpaired) electrons. The van der Waals surface area contributed by atoms with Crippen LogP contribution in [0, 0.1) is 6.92 Å². The van der Waals surface area contributed by atoms with Crippen LogP contribution in [0.15, 0.2) is 23.1 Å². The van der Waals surface area contributed by atoms with Crippen LogP contribution in [0.3, 0.4) is 0 Å². The van der Waals surface area contributed by atoms with Gasteiger partial charge in [-0.2, -0.15) is 0 Å². The second kappa shape index (κ2) is 6.36. The van der Waals surface area contributed by atoms with E-state index in [1.165, 1.54) is 19.2 Å². The molecular weight excluding hydrogens is 304 g/mol. The summed E-state index contributed by atoms with van der Waals surface area (Å²) < 4.78 is 31.7. The fourth-order valence-corrected chi connectivity index (χ4v) is 3.39. The van der Waals surface area contributed by atoms with E-state index in [0.29, 0.717) is 18.7 Å². The predicted molar refractivity (Wildman–Crippen MR) is 83.3 cm³/mol. The third-order valence-corrected chi connectivity index (χ3v) is 5.14. The zero-order valence-corrected chi connectivity index (χ0v) is 14.1. The number of carbonyl (C=O) groups is 1. The molecule has 1 amide bonds. The topological polar surface area (TPSA) is 75.7 Å². The molecule has 122 valence electrons. The summed E-state index contributed by atoms with van der Waals surface area (Å²) in [5.74, 6) is -0.160. The van der Waals surface area contributed by atoms with Gasteiger partial charge in [-0.15, -0.1) is 0 Å². The van der Waals surface area contributed by atoms with E-state index < -0.39 is 10.0 Å². The van der Waals surface area contributed by atoms with Gasteiger partial charge >= 0.3 is 0 Å². The van der Waals surface area contributed by atoms with Crippen molar-refractivity contribution in [3.63, 3.8) is 0 Å². The summed E-state index contributed by atoms with van der Waals surface area (Å²) in [6.45, 7) is 6.66. The van der Waals surface area contributed by atoms with Gasteiger partial charge in [-0.05, 0) is 45.5 Å². The van der Waals surface area contributed by atoms with Crippen molar-refractivity contribution in [1.29, 1.82) is 0 Å². The number of benzene rings is 1. The zero-order valence-electron chi connectivity index (χ0n) is 13.3. The smallest absolute Gasteiger partial charge is 0.254 e. The molecule has 0 aromatic heterocycles. The third-order valence-electron chi connectivity index (χ3n) is 3.73. The quantitative estimate of drug-likeness (QED) is 0.904. The van der Waals surface area contributed by atoms with Crippen molar-refractivity contribution >= 4 is 15.9 Å². The number of nitrogens with one attached hydrogen (secondary N) is 1. The van der Waals surface area contributed by atoms with Crippen LogP contribution >= 0.6 is 0 Å². The van der Waals surface area contributed by atoms with Gasteiger partial charge in [-0.25, -0.2) is 13.1 Å². The highest BCUT2D eigenvalue weighted by Crippen LogP contribution is 2.20. The van der Waals surface area contributed by atoms with Crippen molar-refractivity contribution in [3.05, 3.63) is 29.3 Å². The lowest BCUT2D eigenvalue weighted by molar-refractivity contribution is -0.0586. The summed E-state index contributed by atoms with van der Waals surface area (Å²) in [5.41, 5.74) is 1.17. The highest BCUT2D eigenvalue weighted by Gasteiger charge is 2.28. The van der Waals surface area contributed by atoms with E-state index in [1.807, 2.05) is 13.8 Å². The summed E-state index contributed by atoms with van der Waals surface area (Å²) in [5, 5.41) is 0. The molecule has 1 saturated heterocycles. The van der Waals surface area contributed by atoms with Crippen molar-refractivity contribution < 1.29 is 17.9 Å². The van der Waals surface area contributed by atoms with Crippen molar-refractivity contribution in [2.75, 3.05) is 20.1 Å². The van der Waals surface area contributed by atoms with Crippen LogP contribution in [-0.4, -0.2) is 51.6 Å². The van der Waals surface area contributed by atoms with Gasteiger partial charge in [-0.3, -0.25) is 4.79 Å². The molecule has 2 atom stereocenters. The Hall–Kier alpha value is -1.44. The number of hydrogen-bond donors (Lipinski definition) is 1. The van der Waals surface area contributed by atoms with E-state index in [0.717, 1.165) is 5.56 Å². The largest absolute Gasteiger partial charge is 0.372 e. The van der Waals surface area contributed by atoms with Crippen molar-refractivity contribution in [2.45, 2.75) is 37.9 Å². The first-order valence-corrected chi connectivity index (χ1v) is 8.72. The molecule has 0 bridgehead atoms. The number of amides is 1. The molecule has 0 saturated carbocycles. The van der Waals surface area contributed by atoms with Crippen LogP contribution in [0.25, 0.3) is 0 Å². The maximum absolute atomic E-state index is 12.7. The van der Waals surface area contributed by atoms with Gasteiger partial charge in [0.05, 0.1) is 17.1 Å². The fourth-order valence-electron chi connectivity index (χ4n) is 2.63. The van der Waals surface area contributed by atoms with Crippen LogP contribution in [-0.2, 0) is 14.8 Å². The van der Waals surface area contributed by atoms with Crippen LogP contribution in [0.4, 0.5) is 0 Å². The lowest BCUT2D eigenvalue weighted by Crippen LogP contribution is -2.48.